The van der Waals surface area contributed by atoms with Crippen LogP contribution in [0, 0.1) is 6.92 Å². The molecule has 0 aliphatic heterocycles. The normalized spacial score (nSPS) is 15.1. The van der Waals surface area contributed by atoms with E-state index in [1.807, 2.05) is 37.3 Å². The predicted octanol–water partition coefficient (Wildman–Crippen LogP) is 3.47. The lowest BCUT2D eigenvalue weighted by Crippen LogP contribution is -2.09. The van der Waals surface area contributed by atoms with Crippen molar-refractivity contribution in [2.75, 3.05) is 11.1 Å². The lowest BCUT2D eigenvalue weighted by atomic mass is 10.1. The van der Waals surface area contributed by atoms with Crippen molar-refractivity contribution in [2.24, 2.45) is 0 Å². The van der Waals surface area contributed by atoms with Crippen LogP contribution in [0.5, 0.6) is 0 Å². The van der Waals surface area contributed by atoms with E-state index in [0.29, 0.717) is 17.6 Å². The van der Waals surface area contributed by atoms with Crippen molar-refractivity contribution in [3.63, 3.8) is 0 Å². The second-order valence-electron chi connectivity index (χ2n) is 6.47. The number of aryl methyl sites for hydroxylation is 1. The Kier molecular flexibility index (Phi) is 3.83. The van der Waals surface area contributed by atoms with E-state index < -0.39 is 0 Å². The largest absolute Gasteiger partial charge is 0.368 e. The molecule has 25 heavy (non-hydrogen) atoms. The van der Waals surface area contributed by atoms with E-state index in [1.165, 1.54) is 0 Å². The Morgan fingerprint density at radius 2 is 1.92 bits per heavy atom. The van der Waals surface area contributed by atoms with Crippen molar-refractivity contribution in [2.45, 2.75) is 38.6 Å². The first-order valence-electron chi connectivity index (χ1n) is 8.40. The third-order valence-corrected chi connectivity index (χ3v) is 4.28. The molecule has 128 valence electrons. The zero-order valence-corrected chi connectivity index (χ0v) is 14.2. The van der Waals surface area contributed by atoms with Crippen molar-refractivity contribution < 1.29 is 4.52 Å². The molecule has 1 atom stereocenters. The molecular weight excluding hydrogens is 316 g/mol. The monoisotopic (exact) mass is 336 g/mol. The first-order valence-corrected chi connectivity index (χ1v) is 8.40. The quantitative estimate of drug-likeness (QED) is 0.735. The summed E-state index contributed by atoms with van der Waals surface area (Å²) in [6.07, 6.45) is 2.32. The van der Waals surface area contributed by atoms with Crippen molar-refractivity contribution >= 4 is 11.8 Å². The van der Waals surface area contributed by atoms with Gasteiger partial charge in [-0.15, -0.1) is 0 Å². The number of anilines is 2. The van der Waals surface area contributed by atoms with Gasteiger partial charge in [-0.25, -0.2) is 4.98 Å². The Balaban J connectivity index is 1.48. The van der Waals surface area contributed by atoms with Gasteiger partial charge >= 0.3 is 0 Å². The topological polar surface area (TPSA) is 103 Å². The van der Waals surface area contributed by atoms with Crippen LogP contribution in [-0.2, 0) is 0 Å². The molecule has 1 unspecified atom stereocenters. The standard InChI is InChI=1S/C18H20N6O/c1-10-9-15(22-18(19)20-10)21-11(2)12-3-7-14(8-4-12)17-23-16(24-25-17)13-5-6-13/h3-4,7-9,11,13H,5-6H2,1-2H3,(H3,19,20,21,22). The van der Waals surface area contributed by atoms with Gasteiger partial charge in [0.15, 0.2) is 5.82 Å². The SMILES string of the molecule is Cc1cc(NC(C)c2ccc(-c3nc(C4CC4)no3)cc2)nc(N)n1. The molecule has 2 aromatic heterocycles. The molecule has 0 amide bonds. The van der Waals surface area contributed by atoms with Crippen molar-refractivity contribution in [1.82, 2.24) is 20.1 Å². The number of hydrogen-bond acceptors (Lipinski definition) is 7. The summed E-state index contributed by atoms with van der Waals surface area (Å²) in [6, 6.07) is 10.0. The molecule has 0 bridgehead atoms. The van der Waals surface area contributed by atoms with Crippen LogP contribution in [0.3, 0.4) is 0 Å². The molecule has 7 nitrogen and oxygen atoms in total. The van der Waals surface area contributed by atoms with Gasteiger partial charge in [-0.1, -0.05) is 17.3 Å². The van der Waals surface area contributed by atoms with Gasteiger partial charge in [-0.3, -0.25) is 0 Å². The van der Waals surface area contributed by atoms with E-state index in [2.05, 4.69) is 32.3 Å². The molecule has 7 heteroatoms. The number of hydrogen-bond donors (Lipinski definition) is 2. The smallest absolute Gasteiger partial charge is 0.257 e. The highest BCUT2D eigenvalue weighted by atomic mass is 16.5. The summed E-state index contributed by atoms with van der Waals surface area (Å²) >= 11 is 0. The first-order chi connectivity index (χ1) is 12.1. The Morgan fingerprint density at radius 1 is 1.16 bits per heavy atom. The Hall–Kier alpha value is -2.96. The van der Waals surface area contributed by atoms with Crippen LogP contribution in [0.15, 0.2) is 34.9 Å². The maximum Gasteiger partial charge on any atom is 0.257 e. The lowest BCUT2D eigenvalue weighted by molar-refractivity contribution is 0.422. The summed E-state index contributed by atoms with van der Waals surface area (Å²) in [5.41, 5.74) is 8.59. The predicted molar refractivity (Wildman–Crippen MR) is 94.9 cm³/mol. The maximum absolute atomic E-state index is 5.70. The van der Waals surface area contributed by atoms with Gasteiger partial charge in [0, 0.05) is 29.3 Å². The number of nitrogens with one attached hydrogen (secondary N) is 1. The van der Waals surface area contributed by atoms with Crippen LogP contribution in [0.2, 0.25) is 0 Å². The summed E-state index contributed by atoms with van der Waals surface area (Å²) in [6.45, 7) is 3.96. The average Bonchev–Trinajstić information content (AvgIpc) is 3.31. The number of nitrogens with zero attached hydrogens (tertiary/aromatic N) is 4. The van der Waals surface area contributed by atoms with Gasteiger partial charge in [0.1, 0.15) is 5.82 Å². The minimum absolute atomic E-state index is 0.0764. The zero-order chi connectivity index (χ0) is 17.4. The van der Waals surface area contributed by atoms with Gasteiger partial charge in [0.25, 0.3) is 5.89 Å². The summed E-state index contributed by atoms with van der Waals surface area (Å²) in [5.74, 6) is 2.88. The first kappa shape index (κ1) is 15.6. The van der Waals surface area contributed by atoms with Crippen LogP contribution in [0.25, 0.3) is 11.5 Å². The van der Waals surface area contributed by atoms with Gasteiger partial charge in [-0.05, 0) is 44.4 Å². The molecule has 3 N–H and O–H groups in total. The molecule has 0 saturated heterocycles. The van der Waals surface area contributed by atoms with E-state index in [9.17, 15) is 0 Å². The fourth-order valence-corrected chi connectivity index (χ4v) is 2.74. The van der Waals surface area contributed by atoms with Crippen LogP contribution in [0.4, 0.5) is 11.8 Å². The van der Waals surface area contributed by atoms with Crippen LogP contribution >= 0.6 is 0 Å². The van der Waals surface area contributed by atoms with E-state index in [1.54, 1.807) is 0 Å². The highest BCUT2D eigenvalue weighted by Crippen LogP contribution is 2.38. The van der Waals surface area contributed by atoms with E-state index in [4.69, 9.17) is 10.3 Å². The van der Waals surface area contributed by atoms with Gasteiger partial charge in [0.2, 0.25) is 5.95 Å². The maximum atomic E-state index is 5.70. The van der Waals surface area contributed by atoms with Crippen LogP contribution in [0.1, 0.15) is 48.8 Å². The minimum atomic E-state index is 0.0764. The summed E-state index contributed by atoms with van der Waals surface area (Å²) in [4.78, 5) is 12.8. The molecule has 2 heterocycles. The summed E-state index contributed by atoms with van der Waals surface area (Å²) < 4.78 is 5.37. The fourth-order valence-electron chi connectivity index (χ4n) is 2.74. The summed E-state index contributed by atoms with van der Waals surface area (Å²) in [7, 11) is 0. The van der Waals surface area contributed by atoms with Crippen LogP contribution < -0.4 is 11.1 Å². The lowest BCUT2D eigenvalue weighted by Gasteiger charge is -2.15. The van der Waals surface area contributed by atoms with Crippen molar-refractivity contribution in [3.05, 3.63) is 47.4 Å². The van der Waals surface area contributed by atoms with E-state index in [0.717, 1.165) is 35.5 Å². The van der Waals surface area contributed by atoms with Crippen LogP contribution in [-0.4, -0.2) is 20.1 Å². The number of rotatable bonds is 5. The molecule has 1 aliphatic carbocycles. The summed E-state index contributed by atoms with van der Waals surface area (Å²) in [5, 5.41) is 7.40. The minimum Gasteiger partial charge on any atom is -0.368 e. The van der Waals surface area contributed by atoms with Gasteiger partial charge in [-0.2, -0.15) is 9.97 Å². The second-order valence-corrected chi connectivity index (χ2v) is 6.47. The number of nitrogens with two attached hydrogens (primary N) is 1. The molecule has 1 aliphatic rings. The highest BCUT2D eigenvalue weighted by molar-refractivity contribution is 5.54. The Labute approximate surface area is 145 Å². The van der Waals surface area contributed by atoms with Crippen molar-refractivity contribution in [3.8, 4) is 11.5 Å². The Bertz CT molecular complexity index is 865. The molecule has 0 radical (unpaired) electrons. The fraction of sp³-hybridized carbons (Fsp3) is 0.333. The number of nitrogen functional groups attached to an aromatic ring is 1. The second kappa shape index (κ2) is 6.16. The van der Waals surface area contributed by atoms with Crippen molar-refractivity contribution in [1.29, 1.82) is 0 Å². The van der Waals surface area contributed by atoms with Gasteiger partial charge in [0.05, 0.1) is 0 Å². The third-order valence-electron chi connectivity index (χ3n) is 4.28. The highest BCUT2D eigenvalue weighted by Gasteiger charge is 2.28. The molecule has 1 aromatic carbocycles. The molecule has 3 aromatic rings. The molecule has 0 spiro atoms. The molecular formula is C18H20N6O. The number of benzene rings is 1. The molecule has 4 rings (SSSR count). The zero-order valence-electron chi connectivity index (χ0n) is 14.2. The average molecular weight is 336 g/mol. The van der Waals surface area contributed by atoms with E-state index in [-0.39, 0.29) is 12.0 Å². The van der Waals surface area contributed by atoms with Gasteiger partial charge < -0.3 is 15.6 Å². The van der Waals surface area contributed by atoms with E-state index >= 15 is 0 Å². The molecule has 1 fully saturated rings. The number of aromatic nitrogens is 4. The Morgan fingerprint density at radius 3 is 2.60 bits per heavy atom. The molecule has 1 saturated carbocycles. The third kappa shape index (κ3) is 3.45.